The summed E-state index contributed by atoms with van der Waals surface area (Å²) in [5.41, 5.74) is 2.59. The number of hydrogen-bond donors (Lipinski definition) is 3. The lowest BCUT2D eigenvalue weighted by molar-refractivity contribution is -0.136. The molecule has 0 saturated carbocycles. The number of fused-ring (bicyclic) bond motifs is 2. The van der Waals surface area contributed by atoms with Crippen LogP contribution in [0.4, 0.5) is 30.2 Å². The Labute approximate surface area is 389 Å². The number of benzene rings is 3. The van der Waals surface area contributed by atoms with E-state index >= 15 is 8.78 Å². The number of carbonyl (C=O) groups excluding carboxylic acids is 5. The molecule has 4 fully saturated rings. The zero-order valence-electron chi connectivity index (χ0n) is 36.7. The van der Waals surface area contributed by atoms with Gasteiger partial charge < -0.3 is 14.8 Å². The van der Waals surface area contributed by atoms with Gasteiger partial charge in [-0.05, 0) is 66.9 Å². The quantitative estimate of drug-likeness (QED) is 0.121. The number of amides is 4. The van der Waals surface area contributed by atoms with E-state index in [1.54, 1.807) is 24.4 Å². The molecule has 10 rings (SSSR count). The number of piperidine rings is 1. The van der Waals surface area contributed by atoms with Crippen molar-refractivity contribution in [1.29, 1.82) is 0 Å². The maximum absolute atomic E-state index is 15.8. The Morgan fingerprint density at radius 1 is 0.765 bits per heavy atom. The number of carbonyl (C=O) groups is 5. The molecular formula is C47H47F3N10O7S. The average molecular weight is 953 g/mol. The Kier molecular flexibility index (Phi) is 12.0. The summed E-state index contributed by atoms with van der Waals surface area (Å²) < 4.78 is 73.1. The number of halogens is 3. The van der Waals surface area contributed by atoms with Crippen LogP contribution in [0.1, 0.15) is 55.9 Å². The number of pyridine rings is 1. The van der Waals surface area contributed by atoms with Crippen LogP contribution in [0.15, 0.2) is 73.1 Å². The molecule has 0 spiro atoms. The average Bonchev–Trinajstić information content (AvgIpc) is 4.05. The fourth-order valence-electron chi connectivity index (χ4n) is 9.70. The molecule has 5 aliphatic rings. The van der Waals surface area contributed by atoms with Crippen LogP contribution in [-0.2, 0) is 19.8 Å². The van der Waals surface area contributed by atoms with Crippen molar-refractivity contribution in [3.8, 4) is 11.1 Å². The van der Waals surface area contributed by atoms with Gasteiger partial charge in [-0.15, -0.1) is 0 Å². The third-order valence-corrected chi connectivity index (χ3v) is 15.1. The largest absolute Gasteiger partial charge is 0.369 e. The molecule has 2 aromatic heterocycles. The summed E-state index contributed by atoms with van der Waals surface area (Å²) in [6, 6.07) is 15.6. The molecule has 4 amide bonds. The van der Waals surface area contributed by atoms with Crippen LogP contribution in [0.2, 0.25) is 0 Å². The topological polar surface area (TPSA) is 192 Å². The van der Waals surface area contributed by atoms with Crippen LogP contribution in [0, 0.1) is 11.6 Å². The summed E-state index contributed by atoms with van der Waals surface area (Å²) in [4.78, 5) is 82.0. The first-order valence-corrected chi connectivity index (χ1v) is 24.0. The molecule has 17 nitrogen and oxygen atoms in total. The zero-order valence-corrected chi connectivity index (χ0v) is 37.5. The Bertz CT molecular complexity index is 2970. The maximum atomic E-state index is 15.8. The number of nitrogens with one attached hydrogen (secondary N) is 3. The summed E-state index contributed by atoms with van der Waals surface area (Å²) in [5.74, 6) is -5.65. The summed E-state index contributed by atoms with van der Waals surface area (Å²) in [6.07, 6.45) is 1.77. The number of ketones is 1. The number of piperazine rings is 2. The number of aromatic amines is 1. The number of aromatic nitrogens is 2. The second-order valence-corrected chi connectivity index (χ2v) is 19.3. The fourth-order valence-corrected chi connectivity index (χ4v) is 11.0. The van der Waals surface area contributed by atoms with Crippen molar-refractivity contribution < 1.29 is 45.6 Å². The van der Waals surface area contributed by atoms with E-state index in [9.17, 15) is 36.8 Å². The molecule has 3 N–H and O–H groups in total. The predicted octanol–water partition coefficient (Wildman–Crippen LogP) is 3.79. The normalized spacial score (nSPS) is 21.0. The number of imide groups is 2. The predicted molar refractivity (Wildman–Crippen MR) is 245 cm³/mol. The summed E-state index contributed by atoms with van der Waals surface area (Å²) in [7, 11) is -4.36. The summed E-state index contributed by atoms with van der Waals surface area (Å²) in [6.45, 7) is 7.96. The van der Waals surface area contributed by atoms with Crippen LogP contribution < -0.4 is 19.8 Å². The third kappa shape index (κ3) is 8.58. The number of rotatable bonds is 12. The van der Waals surface area contributed by atoms with Crippen molar-refractivity contribution in [1.82, 2.24) is 34.3 Å². The van der Waals surface area contributed by atoms with E-state index in [4.69, 9.17) is 0 Å². The second-order valence-electron chi connectivity index (χ2n) is 17.7. The molecule has 5 aliphatic heterocycles. The molecule has 0 radical (unpaired) electrons. The van der Waals surface area contributed by atoms with E-state index < -0.39 is 81.3 Å². The first kappa shape index (κ1) is 45.1. The van der Waals surface area contributed by atoms with E-state index in [1.165, 1.54) is 6.20 Å². The highest BCUT2D eigenvalue weighted by Crippen LogP contribution is 2.33. The maximum Gasteiger partial charge on any atom is 0.301 e. The van der Waals surface area contributed by atoms with Gasteiger partial charge >= 0.3 is 10.2 Å². The lowest BCUT2D eigenvalue weighted by Crippen LogP contribution is -2.54. The minimum absolute atomic E-state index is 0.00216. The first-order chi connectivity index (χ1) is 32.7. The number of anilines is 3. The van der Waals surface area contributed by atoms with Crippen LogP contribution in [-0.4, -0.2) is 158 Å². The van der Waals surface area contributed by atoms with Crippen molar-refractivity contribution in [3.63, 3.8) is 0 Å². The molecule has 2 atom stereocenters. The zero-order chi connectivity index (χ0) is 47.4. The van der Waals surface area contributed by atoms with Gasteiger partial charge in [0.2, 0.25) is 17.6 Å². The van der Waals surface area contributed by atoms with Crippen LogP contribution in [0.3, 0.4) is 0 Å². The van der Waals surface area contributed by atoms with E-state index in [1.807, 2.05) is 35.1 Å². The van der Waals surface area contributed by atoms with Crippen LogP contribution in [0.25, 0.3) is 22.2 Å². The van der Waals surface area contributed by atoms with Crippen molar-refractivity contribution in [2.75, 3.05) is 93.1 Å². The lowest BCUT2D eigenvalue weighted by Gasteiger charge is -2.39. The fraction of sp³-hybridized carbons (Fsp3) is 0.362. The Morgan fingerprint density at radius 2 is 1.43 bits per heavy atom. The van der Waals surface area contributed by atoms with Crippen LogP contribution >= 0.6 is 0 Å². The van der Waals surface area contributed by atoms with Gasteiger partial charge in [0.15, 0.2) is 5.82 Å². The smallest absolute Gasteiger partial charge is 0.301 e. The van der Waals surface area contributed by atoms with Crippen LogP contribution in [0.5, 0.6) is 0 Å². The molecule has 0 bridgehead atoms. The second kappa shape index (κ2) is 18.1. The molecular weight excluding hydrogens is 906 g/mol. The van der Waals surface area contributed by atoms with Gasteiger partial charge in [-0.2, -0.15) is 12.7 Å². The van der Waals surface area contributed by atoms with Gasteiger partial charge in [0.25, 0.3) is 11.8 Å². The number of hydrogen-bond acceptors (Lipinski definition) is 12. The van der Waals surface area contributed by atoms with E-state index in [2.05, 4.69) is 34.9 Å². The van der Waals surface area contributed by atoms with E-state index in [0.717, 1.165) is 104 Å². The molecule has 4 saturated heterocycles. The molecule has 2 unspecified atom stereocenters. The van der Waals surface area contributed by atoms with Crippen molar-refractivity contribution in [2.24, 2.45) is 0 Å². The molecule has 21 heteroatoms. The highest BCUT2D eigenvalue weighted by atomic mass is 32.2. The monoisotopic (exact) mass is 952 g/mol. The number of alkyl halides is 1. The Balaban J connectivity index is 0.715. The SMILES string of the molecule is O=C1CCC(N2C(=O)c3ccc(N4CCN(CCN5CCN(c6ccc(-c7cnc8[nH]cc(C(=O)c9c(F)ccc(NS(=O)(=O)N%10CCC(F)C%10)c9F)c8c7)cc6)CC5)CC4)cc3C2=O)C(=O)N1. The van der Waals surface area contributed by atoms with Crippen molar-refractivity contribution in [3.05, 3.63) is 107 Å². The number of nitrogens with zero attached hydrogens (tertiary/aromatic N) is 7. The van der Waals surface area contributed by atoms with Crippen molar-refractivity contribution >= 4 is 67.7 Å². The molecule has 5 aromatic rings. The van der Waals surface area contributed by atoms with Gasteiger partial charge in [0.1, 0.15) is 23.7 Å². The Morgan fingerprint density at radius 3 is 2.09 bits per heavy atom. The molecule has 3 aromatic carbocycles. The molecule has 0 aliphatic carbocycles. The molecule has 354 valence electrons. The standard InChI is InChI=1S/C47H47F3N10O7S/c48-30-11-12-59(27-30)68(66,67)54-38-8-7-37(49)41(42(38)50)43(62)36-26-52-44-34(36)23-29(25-51-44)28-1-3-31(4-2-28)57-19-15-55(16-20-57)13-14-56-17-21-58(22-18-56)32-5-6-33-35(24-32)47(65)60(46(33)64)39-9-10-40(61)53-45(39)63/h1-8,23-26,30,39,54H,9-22,27H2,(H,51,52)(H,53,61,63). The lowest BCUT2D eigenvalue weighted by atomic mass is 9.99. The van der Waals surface area contributed by atoms with E-state index in [0.29, 0.717) is 16.6 Å². The Hall–Kier alpha value is -6.68. The number of H-pyrrole nitrogens is 1. The van der Waals surface area contributed by atoms with E-state index in [-0.39, 0.29) is 42.5 Å². The highest BCUT2D eigenvalue weighted by molar-refractivity contribution is 7.90. The molecule has 7 heterocycles. The van der Waals surface area contributed by atoms with Gasteiger partial charge in [-0.25, -0.2) is 18.2 Å². The van der Waals surface area contributed by atoms with Gasteiger partial charge in [-0.1, -0.05) is 12.1 Å². The minimum Gasteiger partial charge on any atom is -0.369 e. The van der Waals surface area contributed by atoms with Gasteiger partial charge in [0.05, 0.1) is 22.4 Å². The van der Waals surface area contributed by atoms with Gasteiger partial charge in [-0.3, -0.25) is 48.7 Å². The third-order valence-electron chi connectivity index (χ3n) is 13.6. The highest BCUT2D eigenvalue weighted by Gasteiger charge is 2.45. The minimum atomic E-state index is -4.36. The summed E-state index contributed by atoms with van der Waals surface area (Å²) >= 11 is 0. The summed E-state index contributed by atoms with van der Waals surface area (Å²) in [5, 5.41) is 2.55. The first-order valence-electron chi connectivity index (χ1n) is 22.5. The van der Waals surface area contributed by atoms with Gasteiger partial charge in [0, 0.05) is 125 Å². The molecule has 68 heavy (non-hydrogen) atoms. The van der Waals surface area contributed by atoms with Crippen molar-refractivity contribution in [2.45, 2.75) is 31.5 Å².